The maximum Gasteiger partial charge on any atom is 0.267 e. The highest BCUT2D eigenvalue weighted by Gasteiger charge is 2.12. The first-order valence-electron chi connectivity index (χ1n) is 5.52. The van der Waals surface area contributed by atoms with Crippen LogP contribution in [-0.4, -0.2) is 9.78 Å². The Morgan fingerprint density at radius 3 is 2.47 bits per heavy atom. The van der Waals surface area contributed by atoms with Crippen LogP contribution in [0.4, 0.5) is 0 Å². The van der Waals surface area contributed by atoms with Crippen LogP contribution < -0.4 is 5.56 Å². The number of rotatable bonds is 2. The molecule has 0 bridgehead atoms. The predicted molar refractivity (Wildman–Crippen MR) is 69.8 cm³/mol. The first-order chi connectivity index (χ1) is 7.97. The lowest BCUT2D eigenvalue weighted by molar-refractivity contribution is 0.544. The Balaban J connectivity index is 2.46. The second kappa shape index (κ2) is 4.41. The molecule has 3 nitrogen and oxygen atoms in total. The highest BCUT2D eigenvalue weighted by molar-refractivity contribution is 6.30. The summed E-state index contributed by atoms with van der Waals surface area (Å²) in [7, 11) is 0. The molecule has 0 aliphatic rings. The number of H-pyrrole nitrogens is 1. The molecule has 0 amide bonds. The van der Waals surface area contributed by atoms with Gasteiger partial charge in [0.15, 0.2) is 0 Å². The SMILES string of the molecule is Cc1cc(Cl)cc(C(C)n2[nH]c(C)cc2=O)c1. The lowest BCUT2D eigenvalue weighted by Gasteiger charge is -2.14. The number of benzene rings is 1. The van der Waals surface area contributed by atoms with Crippen molar-refractivity contribution in [2.75, 3.05) is 0 Å². The highest BCUT2D eigenvalue weighted by atomic mass is 35.5. The maximum absolute atomic E-state index is 11.7. The van der Waals surface area contributed by atoms with Crippen LogP contribution in [0.5, 0.6) is 0 Å². The molecule has 1 N–H and O–H groups in total. The maximum atomic E-state index is 11.7. The molecule has 1 aromatic heterocycles. The number of nitrogens with zero attached hydrogens (tertiary/aromatic N) is 1. The number of nitrogens with one attached hydrogen (secondary N) is 1. The fourth-order valence-electron chi connectivity index (χ4n) is 1.97. The van der Waals surface area contributed by atoms with Gasteiger partial charge in [0.25, 0.3) is 5.56 Å². The number of aromatic amines is 1. The van der Waals surface area contributed by atoms with E-state index in [0.29, 0.717) is 5.02 Å². The van der Waals surface area contributed by atoms with Crippen molar-refractivity contribution >= 4 is 11.6 Å². The van der Waals surface area contributed by atoms with E-state index in [9.17, 15) is 4.79 Å². The van der Waals surface area contributed by atoms with Gasteiger partial charge in [-0.25, -0.2) is 4.68 Å². The number of aryl methyl sites for hydroxylation is 2. The summed E-state index contributed by atoms with van der Waals surface area (Å²) in [6.45, 7) is 5.83. The summed E-state index contributed by atoms with van der Waals surface area (Å²) in [5, 5.41) is 3.74. The Morgan fingerprint density at radius 1 is 1.24 bits per heavy atom. The van der Waals surface area contributed by atoms with Crippen LogP contribution in [0.3, 0.4) is 0 Å². The van der Waals surface area contributed by atoms with Gasteiger partial charge < -0.3 is 0 Å². The number of hydrogen-bond acceptors (Lipinski definition) is 1. The third-order valence-corrected chi connectivity index (χ3v) is 3.03. The Morgan fingerprint density at radius 2 is 1.94 bits per heavy atom. The Hall–Kier alpha value is -1.48. The molecule has 4 heteroatoms. The molecule has 1 atom stereocenters. The van der Waals surface area contributed by atoms with Crippen LogP contribution in [-0.2, 0) is 0 Å². The van der Waals surface area contributed by atoms with E-state index in [1.54, 1.807) is 10.7 Å². The van der Waals surface area contributed by atoms with Crippen LogP contribution in [0.25, 0.3) is 0 Å². The fourth-order valence-corrected chi connectivity index (χ4v) is 2.27. The molecule has 1 heterocycles. The van der Waals surface area contributed by atoms with Crippen molar-refractivity contribution in [3.63, 3.8) is 0 Å². The first kappa shape index (κ1) is 12.0. The minimum absolute atomic E-state index is 0.0207. The van der Waals surface area contributed by atoms with Gasteiger partial charge in [-0.1, -0.05) is 17.7 Å². The summed E-state index contributed by atoms with van der Waals surface area (Å²) in [5.41, 5.74) is 2.96. The van der Waals surface area contributed by atoms with Crippen molar-refractivity contribution in [1.82, 2.24) is 9.78 Å². The molecule has 1 unspecified atom stereocenters. The smallest absolute Gasteiger partial charge is 0.267 e. The number of halogens is 1. The largest absolute Gasteiger partial charge is 0.299 e. The zero-order valence-electron chi connectivity index (χ0n) is 10.1. The van der Waals surface area contributed by atoms with E-state index < -0.39 is 0 Å². The molecule has 1 aromatic carbocycles. The summed E-state index contributed by atoms with van der Waals surface area (Å²) < 4.78 is 1.61. The van der Waals surface area contributed by atoms with Crippen LogP contribution in [0.15, 0.2) is 29.1 Å². The average Bonchev–Trinajstić information content (AvgIpc) is 2.55. The molecule has 0 fully saturated rings. The standard InChI is InChI=1S/C13H15ClN2O/c1-8-4-11(7-12(14)5-8)10(3)16-13(17)6-9(2)15-16/h4-7,10,15H,1-3H3. The molecular weight excluding hydrogens is 236 g/mol. The van der Waals surface area contributed by atoms with E-state index in [-0.39, 0.29) is 11.6 Å². The zero-order valence-corrected chi connectivity index (χ0v) is 10.9. The molecule has 90 valence electrons. The average molecular weight is 251 g/mol. The summed E-state index contributed by atoms with van der Waals surface area (Å²) in [6, 6.07) is 7.38. The van der Waals surface area contributed by atoms with Crippen molar-refractivity contribution < 1.29 is 0 Å². The van der Waals surface area contributed by atoms with E-state index >= 15 is 0 Å². The topological polar surface area (TPSA) is 37.8 Å². The summed E-state index contributed by atoms with van der Waals surface area (Å²) in [4.78, 5) is 11.7. The van der Waals surface area contributed by atoms with Gasteiger partial charge in [0.1, 0.15) is 0 Å². The van der Waals surface area contributed by atoms with Gasteiger partial charge in [-0.05, 0) is 44.0 Å². The van der Waals surface area contributed by atoms with E-state index in [1.165, 1.54) is 0 Å². The molecule has 0 spiro atoms. The molecule has 17 heavy (non-hydrogen) atoms. The van der Waals surface area contributed by atoms with Crippen LogP contribution in [0.2, 0.25) is 5.02 Å². The Bertz CT molecular complexity index is 577. The highest BCUT2D eigenvalue weighted by Crippen LogP contribution is 2.21. The predicted octanol–water partition coefficient (Wildman–Crippen LogP) is 3.06. The van der Waals surface area contributed by atoms with Crippen molar-refractivity contribution in [3.8, 4) is 0 Å². The van der Waals surface area contributed by atoms with Crippen molar-refractivity contribution in [1.29, 1.82) is 0 Å². The van der Waals surface area contributed by atoms with E-state index in [1.807, 2.05) is 39.0 Å². The summed E-state index contributed by atoms with van der Waals surface area (Å²) in [6.07, 6.45) is 0. The quantitative estimate of drug-likeness (QED) is 0.874. The van der Waals surface area contributed by atoms with Crippen molar-refractivity contribution in [2.24, 2.45) is 0 Å². The molecule has 0 saturated heterocycles. The molecule has 2 rings (SSSR count). The summed E-state index contributed by atoms with van der Waals surface area (Å²) >= 11 is 6.03. The van der Waals surface area contributed by atoms with Gasteiger partial charge in [-0.2, -0.15) is 0 Å². The third-order valence-electron chi connectivity index (χ3n) is 2.81. The third kappa shape index (κ3) is 2.44. The van der Waals surface area contributed by atoms with Crippen molar-refractivity contribution in [2.45, 2.75) is 26.8 Å². The van der Waals surface area contributed by atoms with E-state index in [0.717, 1.165) is 16.8 Å². The lowest BCUT2D eigenvalue weighted by Crippen LogP contribution is -2.20. The van der Waals surface area contributed by atoms with Gasteiger partial charge in [0.05, 0.1) is 6.04 Å². The molecule has 0 radical (unpaired) electrons. The molecule has 0 aliphatic heterocycles. The van der Waals surface area contributed by atoms with Gasteiger partial charge >= 0.3 is 0 Å². The zero-order chi connectivity index (χ0) is 12.6. The van der Waals surface area contributed by atoms with E-state index in [2.05, 4.69) is 5.10 Å². The Labute approximate surface area is 105 Å². The molecule has 2 aromatic rings. The first-order valence-corrected chi connectivity index (χ1v) is 5.90. The monoisotopic (exact) mass is 250 g/mol. The number of hydrogen-bond donors (Lipinski definition) is 1. The summed E-state index contributed by atoms with van der Waals surface area (Å²) in [5.74, 6) is 0. The van der Waals surface area contributed by atoms with Gasteiger partial charge in [0, 0.05) is 16.8 Å². The second-order valence-electron chi connectivity index (χ2n) is 4.39. The normalized spacial score (nSPS) is 12.7. The van der Waals surface area contributed by atoms with Crippen molar-refractivity contribution in [3.05, 3.63) is 56.5 Å². The van der Waals surface area contributed by atoms with Crippen LogP contribution in [0.1, 0.15) is 29.8 Å². The lowest BCUT2D eigenvalue weighted by atomic mass is 10.1. The van der Waals surface area contributed by atoms with Crippen LogP contribution >= 0.6 is 11.6 Å². The fraction of sp³-hybridized carbons (Fsp3) is 0.308. The second-order valence-corrected chi connectivity index (χ2v) is 4.82. The van der Waals surface area contributed by atoms with Crippen LogP contribution in [0, 0.1) is 13.8 Å². The minimum atomic E-state index is -0.0476. The van der Waals surface area contributed by atoms with E-state index in [4.69, 9.17) is 11.6 Å². The minimum Gasteiger partial charge on any atom is -0.299 e. The molecular formula is C13H15ClN2O. The van der Waals surface area contributed by atoms with Gasteiger partial charge in [-0.3, -0.25) is 9.89 Å². The molecule has 0 aliphatic carbocycles. The van der Waals surface area contributed by atoms with Gasteiger partial charge in [0.2, 0.25) is 0 Å². The molecule has 0 saturated carbocycles. The number of aromatic nitrogens is 2. The Kier molecular flexibility index (Phi) is 3.11. The van der Waals surface area contributed by atoms with Gasteiger partial charge in [-0.15, -0.1) is 0 Å².